The van der Waals surface area contributed by atoms with Gasteiger partial charge in [0.2, 0.25) is 0 Å². The monoisotopic (exact) mass is 381 g/mol. The number of hydrogen-bond donors (Lipinski definition) is 2. The van der Waals surface area contributed by atoms with Crippen LogP contribution in [0.3, 0.4) is 0 Å². The van der Waals surface area contributed by atoms with Crippen molar-refractivity contribution >= 4 is 5.96 Å². The molecule has 0 aromatic carbocycles. The summed E-state index contributed by atoms with van der Waals surface area (Å²) in [5.41, 5.74) is 0.348. The molecule has 0 aromatic heterocycles. The van der Waals surface area contributed by atoms with Gasteiger partial charge in [0, 0.05) is 65.1 Å². The van der Waals surface area contributed by atoms with Gasteiger partial charge in [-0.05, 0) is 52.5 Å². The Labute approximate surface area is 167 Å². The highest BCUT2D eigenvalue weighted by atomic mass is 16.5. The van der Waals surface area contributed by atoms with Crippen molar-refractivity contribution in [3.8, 4) is 0 Å². The van der Waals surface area contributed by atoms with E-state index in [1.165, 1.54) is 38.8 Å². The van der Waals surface area contributed by atoms with Crippen molar-refractivity contribution in [1.29, 1.82) is 0 Å². The van der Waals surface area contributed by atoms with Crippen molar-refractivity contribution in [3.05, 3.63) is 0 Å². The molecule has 0 spiro atoms. The molecular weight excluding hydrogens is 338 g/mol. The average molecular weight is 382 g/mol. The van der Waals surface area contributed by atoms with Gasteiger partial charge in [0.15, 0.2) is 5.96 Å². The van der Waals surface area contributed by atoms with Crippen LogP contribution >= 0.6 is 0 Å². The van der Waals surface area contributed by atoms with E-state index in [0.29, 0.717) is 11.5 Å². The minimum Gasteiger partial charge on any atom is -0.382 e. The SMILES string of the molecule is CCNC(=NCC1(CCOCC)CCCC1)NCC(C)N1CCN(C)CC1. The average Bonchev–Trinajstić information content (AvgIpc) is 3.13. The van der Waals surface area contributed by atoms with Crippen LogP contribution in [0.5, 0.6) is 0 Å². The molecular formula is C21H43N5O. The van der Waals surface area contributed by atoms with Crippen LogP contribution in [-0.4, -0.2) is 87.9 Å². The maximum atomic E-state index is 5.64. The molecule has 0 radical (unpaired) electrons. The minimum absolute atomic E-state index is 0.348. The first kappa shape index (κ1) is 22.4. The van der Waals surface area contributed by atoms with Gasteiger partial charge in [-0.25, -0.2) is 0 Å². The summed E-state index contributed by atoms with van der Waals surface area (Å²) in [5, 5.41) is 7.03. The molecule has 1 aliphatic carbocycles. The predicted molar refractivity (Wildman–Crippen MR) is 115 cm³/mol. The Balaban J connectivity index is 1.84. The van der Waals surface area contributed by atoms with Crippen LogP contribution in [0.25, 0.3) is 0 Å². The lowest BCUT2D eigenvalue weighted by Crippen LogP contribution is -2.52. The molecule has 2 fully saturated rings. The lowest BCUT2D eigenvalue weighted by molar-refractivity contribution is 0.107. The Kier molecular flexibility index (Phi) is 9.87. The van der Waals surface area contributed by atoms with Gasteiger partial charge in [0.25, 0.3) is 0 Å². The van der Waals surface area contributed by atoms with Crippen LogP contribution in [0, 0.1) is 5.41 Å². The fourth-order valence-electron chi connectivity index (χ4n) is 4.27. The molecule has 1 aliphatic heterocycles. The summed E-state index contributed by atoms with van der Waals surface area (Å²) in [5.74, 6) is 0.973. The first-order chi connectivity index (χ1) is 13.1. The van der Waals surface area contributed by atoms with Crippen molar-refractivity contribution in [3.63, 3.8) is 0 Å². The number of likely N-dealkylation sites (N-methyl/N-ethyl adjacent to an activating group) is 1. The van der Waals surface area contributed by atoms with Gasteiger partial charge in [-0.2, -0.15) is 0 Å². The zero-order chi connectivity index (χ0) is 19.5. The maximum absolute atomic E-state index is 5.64. The van der Waals surface area contributed by atoms with Crippen LogP contribution < -0.4 is 10.6 Å². The van der Waals surface area contributed by atoms with Crippen LogP contribution in [-0.2, 0) is 4.74 Å². The summed E-state index contributed by atoms with van der Waals surface area (Å²) >= 11 is 0. The molecule has 1 unspecified atom stereocenters. The molecule has 1 heterocycles. The van der Waals surface area contributed by atoms with Gasteiger partial charge in [0.1, 0.15) is 0 Å². The zero-order valence-corrected chi connectivity index (χ0v) is 18.2. The number of hydrogen-bond acceptors (Lipinski definition) is 4. The highest BCUT2D eigenvalue weighted by molar-refractivity contribution is 5.79. The highest BCUT2D eigenvalue weighted by Crippen LogP contribution is 2.41. The Morgan fingerprint density at radius 3 is 2.44 bits per heavy atom. The van der Waals surface area contributed by atoms with Crippen molar-refractivity contribution in [1.82, 2.24) is 20.4 Å². The Hall–Kier alpha value is -0.850. The summed E-state index contributed by atoms with van der Waals surface area (Å²) < 4.78 is 5.64. The molecule has 27 heavy (non-hydrogen) atoms. The van der Waals surface area contributed by atoms with Gasteiger partial charge in [-0.3, -0.25) is 9.89 Å². The summed E-state index contributed by atoms with van der Waals surface area (Å²) in [7, 11) is 2.21. The molecule has 2 N–H and O–H groups in total. The van der Waals surface area contributed by atoms with Crippen LogP contribution in [0.4, 0.5) is 0 Å². The Morgan fingerprint density at radius 1 is 1.11 bits per heavy atom. The second-order valence-corrected chi connectivity index (χ2v) is 8.42. The number of nitrogens with zero attached hydrogens (tertiary/aromatic N) is 3. The van der Waals surface area contributed by atoms with Crippen LogP contribution in [0.2, 0.25) is 0 Å². The molecule has 1 saturated heterocycles. The van der Waals surface area contributed by atoms with E-state index in [-0.39, 0.29) is 0 Å². The molecule has 6 heteroatoms. The second-order valence-electron chi connectivity index (χ2n) is 8.42. The number of nitrogens with one attached hydrogen (secondary N) is 2. The number of rotatable bonds is 10. The number of ether oxygens (including phenoxy) is 1. The van der Waals surface area contributed by atoms with Crippen LogP contribution in [0.15, 0.2) is 4.99 Å². The number of piperazine rings is 1. The van der Waals surface area contributed by atoms with E-state index in [2.05, 4.69) is 48.3 Å². The third-order valence-electron chi connectivity index (χ3n) is 6.29. The van der Waals surface area contributed by atoms with Crippen molar-refractivity contribution in [2.24, 2.45) is 10.4 Å². The largest absolute Gasteiger partial charge is 0.382 e. The first-order valence-electron chi connectivity index (χ1n) is 11.1. The minimum atomic E-state index is 0.348. The summed E-state index contributed by atoms with van der Waals surface area (Å²) in [4.78, 5) is 9.98. The van der Waals surface area contributed by atoms with Gasteiger partial charge in [-0.15, -0.1) is 0 Å². The fraction of sp³-hybridized carbons (Fsp3) is 0.952. The highest BCUT2D eigenvalue weighted by Gasteiger charge is 2.33. The third kappa shape index (κ3) is 7.59. The van der Waals surface area contributed by atoms with E-state index in [0.717, 1.165) is 58.3 Å². The molecule has 2 rings (SSSR count). The van der Waals surface area contributed by atoms with E-state index < -0.39 is 0 Å². The van der Waals surface area contributed by atoms with Crippen molar-refractivity contribution < 1.29 is 4.74 Å². The standard InChI is InChI=1S/C21H43N5O/c1-5-22-20(23-17-19(3)26-14-12-25(4)13-15-26)24-18-21(9-7-8-10-21)11-16-27-6-2/h19H,5-18H2,1-4H3,(H2,22,23,24). The fourth-order valence-corrected chi connectivity index (χ4v) is 4.27. The van der Waals surface area contributed by atoms with E-state index in [1.54, 1.807) is 0 Å². The molecule has 2 aliphatic rings. The van der Waals surface area contributed by atoms with E-state index in [1.807, 2.05) is 0 Å². The number of guanidine groups is 1. The molecule has 0 aromatic rings. The van der Waals surface area contributed by atoms with E-state index >= 15 is 0 Å². The topological polar surface area (TPSA) is 52.1 Å². The summed E-state index contributed by atoms with van der Waals surface area (Å²) in [6.07, 6.45) is 6.40. The summed E-state index contributed by atoms with van der Waals surface area (Å²) in [6.45, 7) is 15.6. The van der Waals surface area contributed by atoms with Gasteiger partial charge in [-0.1, -0.05) is 12.8 Å². The molecule has 6 nitrogen and oxygen atoms in total. The van der Waals surface area contributed by atoms with Crippen LogP contribution in [0.1, 0.15) is 52.9 Å². The molecule has 1 saturated carbocycles. The smallest absolute Gasteiger partial charge is 0.191 e. The van der Waals surface area contributed by atoms with Crippen molar-refractivity contribution in [2.45, 2.75) is 58.9 Å². The Bertz CT molecular complexity index is 428. The third-order valence-corrected chi connectivity index (χ3v) is 6.29. The maximum Gasteiger partial charge on any atom is 0.191 e. The lowest BCUT2D eigenvalue weighted by atomic mass is 9.83. The molecule has 158 valence electrons. The summed E-state index contributed by atoms with van der Waals surface area (Å²) in [6, 6.07) is 0.529. The molecule has 1 atom stereocenters. The molecule has 0 bridgehead atoms. The van der Waals surface area contributed by atoms with E-state index in [4.69, 9.17) is 9.73 Å². The van der Waals surface area contributed by atoms with Gasteiger partial charge < -0.3 is 20.3 Å². The predicted octanol–water partition coefficient (Wildman–Crippen LogP) is 2.16. The van der Waals surface area contributed by atoms with Gasteiger partial charge >= 0.3 is 0 Å². The van der Waals surface area contributed by atoms with Crippen molar-refractivity contribution in [2.75, 3.05) is 66.1 Å². The first-order valence-corrected chi connectivity index (χ1v) is 11.1. The lowest BCUT2D eigenvalue weighted by Gasteiger charge is -2.36. The zero-order valence-electron chi connectivity index (χ0n) is 18.2. The number of aliphatic imine (C=N–C) groups is 1. The van der Waals surface area contributed by atoms with E-state index in [9.17, 15) is 0 Å². The second kappa shape index (κ2) is 11.9. The molecule has 0 amide bonds. The van der Waals surface area contributed by atoms with Gasteiger partial charge in [0.05, 0.1) is 0 Å². The Morgan fingerprint density at radius 2 is 1.81 bits per heavy atom. The normalized spacial score (nSPS) is 22.7. The quantitative estimate of drug-likeness (QED) is 0.345.